The summed E-state index contributed by atoms with van der Waals surface area (Å²) in [6.45, 7) is 0. The first-order valence-corrected chi connectivity index (χ1v) is 11.2. The van der Waals surface area contributed by atoms with E-state index in [4.69, 9.17) is 16.3 Å². The topological polar surface area (TPSA) is 68.5 Å². The summed E-state index contributed by atoms with van der Waals surface area (Å²) in [6, 6.07) is 17.1. The Morgan fingerprint density at radius 3 is 2.75 bits per heavy atom. The first kappa shape index (κ1) is 21.9. The zero-order chi connectivity index (χ0) is 22.5. The summed E-state index contributed by atoms with van der Waals surface area (Å²) >= 11 is 7.79. The maximum Gasteiger partial charge on any atom is 0.271 e. The van der Waals surface area contributed by atoms with Crippen LogP contribution in [0.4, 0.5) is 0 Å². The van der Waals surface area contributed by atoms with Gasteiger partial charge in [0, 0.05) is 36.3 Å². The predicted molar refractivity (Wildman–Crippen MR) is 130 cm³/mol. The summed E-state index contributed by atoms with van der Waals surface area (Å²) in [5.74, 6) is 0.968. The van der Waals surface area contributed by atoms with E-state index >= 15 is 0 Å². The summed E-state index contributed by atoms with van der Waals surface area (Å²) in [5, 5.41) is 7.70. The molecule has 0 aliphatic heterocycles. The average Bonchev–Trinajstić information content (AvgIpc) is 3.22. The molecule has 0 atom stereocenters. The molecular weight excluding hydrogens is 444 g/mol. The van der Waals surface area contributed by atoms with Crippen LogP contribution in [-0.2, 0) is 12.8 Å². The number of carbonyl (C=O) groups excluding carboxylic acids is 1. The molecule has 0 unspecified atom stereocenters. The van der Waals surface area contributed by atoms with Crippen LogP contribution in [0.5, 0.6) is 5.75 Å². The van der Waals surface area contributed by atoms with Gasteiger partial charge < -0.3 is 9.30 Å². The molecule has 4 rings (SSSR count). The molecule has 1 aromatic heterocycles. The van der Waals surface area contributed by atoms with Gasteiger partial charge in [-0.25, -0.2) is 10.4 Å². The maximum atomic E-state index is 12.4. The third-order valence-corrected chi connectivity index (χ3v) is 6.37. The number of nitrogens with one attached hydrogen (secondary N) is 1. The van der Waals surface area contributed by atoms with Crippen molar-refractivity contribution < 1.29 is 9.53 Å². The maximum absolute atomic E-state index is 12.4. The predicted octanol–water partition coefficient (Wildman–Crippen LogP) is 5.29. The molecule has 6 nitrogen and oxygen atoms in total. The normalized spacial score (nSPS) is 11.2. The molecule has 8 heteroatoms. The van der Waals surface area contributed by atoms with Crippen molar-refractivity contribution in [3.63, 3.8) is 0 Å². The quantitative estimate of drug-likeness (QED) is 0.229. The molecule has 3 aromatic carbocycles. The van der Waals surface area contributed by atoms with Gasteiger partial charge in [0.25, 0.3) is 5.91 Å². The SMILES string of the molecule is COc1ccc(C(=O)N/N=C/c2ccc(CSc3nccn3C)c3ccccc23)cc1Cl. The van der Waals surface area contributed by atoms with Gasteiger partial charge in [0.05, 0.1) is 18.3 Å². The van der Waals surface area contributed by atoms with Gasteiger partial charge in [-0.15, -0.1) is 0 Å². The number of fused-ring (bicyclic) bond motifs is 1. The first-order valence-electron chi connectivity index (χ1n) is 9.84. The van der Waals surface area contributed by atoms with Crippen molar-refractivity contribution in [2.45, 2.75) is 10.9 Å². The van der Waals surface area contributed by atoms with Crippen LogP contribution in [0.2, 0.25) is 5.02 Å². The summed E-state index contributed by atoms with van der Waals surface area (Å²) in [7, 11) is 3.51. The second-order valence-corrected chi connectivity index (χ2v) is 8.37. The van der Waals surface area contributed by atoms with E-state index in [0.717, 1.165) is 27.2 Å². The number of halogens is 1. The zero-order valence-corrected chi connectivity index (χ0v) is 19.2. The number of hydrazone groups is 1. The molecule has 4 aromatic rings. The molecule has 162 valence electrons. The van der Waals surface area contributed by atoms with Crippen LogP contribution in [-0.4, -0.2) is 28.8 Å². The number of carbonyl (C=O) groups is 1. The largest absolute Gasteiger partial charge is 0.495 e. The van der Waals surface area contributed by atoms with Crippen LogP contribution in [0.25, 0.3) is 10.8 Å². The van der Waals surface area contributed by atoms with Crippen LogP contribution >= 0.6 is 23.4 Å². The number of thioether (sulfide) groups is 1. The van der Waals surface area contributed by atoms with E-state index in [1.807, 2.05) is 36.0 Å². The molecule has 0 aliphatic rings. The Labute approximate surface area is 195 Å². The molecule has 0 fully saturated rings. The lowest BCUT2D eigenvalue weighted by atomic mass is 10.0. The Morgan fingerprint density at radius 2 is 2.03 bits per heavy atom. The van der Waals surface area contributed by atoms with Crippen LogP contribution in [0, 0.1) is 0 Å². The number of amides is 1. The number of aromatic nitrogens is 2. The highest BCUT2D eigenvalue weighted by Gasteiger charge is 2.09. The second-order valence-electron chi connectivity index (χ2n) is 7.02. The molecule has 0 spiro atoms. The fourth-order valence-electron chi connectivity index (χ4n) is 3.29. The standard InChI is InChI=1S/C24H21ClN4O2S/c1-29-12-11-26-24(29)32-15-18-8-7-17(19-5-3-4-6-20(18)19)14-27-28-23(30)16-9-10-22(31-2)21(25)13-16/h3-14H,15H2,1-2H3,(H,28,30)/b27-14+. The van der Waals surface area contributed by atoms with Crippen molar-refractivity contribution >= 4 is 46.3 Å². The molecule has 32 heavy (non-hydrogen) atoms. The number of benzene rings is 3. The molecule has 0 bridgehead atoms. The van der Waals surface area contributed by atoms with Crippen molar-refractivity contribution in [2.75, 3.05) is 7.11 Å². The van der Waals surface area contributed by atoms with Crippen molar-refractivity contribution in [2.24, 2.45) is 12.1 Å². The Morgan fingerprint density at radius 1 is 1.22 bits per heavy atom. The first-order chi connectivity index (χ1) is 15.6. The van der Waals surface area contributed by atoms with Crippen molar-refractivity contribution in [3.05, 3.63) is 88.7 Å². The highest BCUT2D eigenvalue weighted by molar-refractivity contribution is 7.98. The summed E-state index contributed by atoms with van der Waals surface area (Å²) in [4.78, 5) is 16.8. The fraction of sp³-hybridized carbons (Fsp3) is 0.125. The third-order valence-electron chi connectivity index (χ3n) is 4.97. The zero-order valence-electron chi connectivity index (χ0n) is 17.6. The Kier molecular flexibility index (Phi) is 6.78. The molecular formula is C24H21ClN4O2S. The van der Waals surface area contributed by atoms with E-state index in [0.29, 0.717) is 16.3 Å². The van der Waals surface area contributed by atoms with Crippen LogP contribution in [0.3, 0.4) is 0 Å². The van der Waals surface area contributed by atoms with Crippen molar-refractivity contribution in [1.29, 1.82) is 0 Å². The number of rotatable bonds is 7. The minimum atomic E-state index is -0.349. The van der Waals surface area contributed by atoms with Gasteiger partial charge in [-0.3, -0.25) is 4.79 Å². The van der Waals surface area contributed by atoms with E-state index in [1.165, 1.54) is 12.7 Å². The molecule has 1 N–H and O–H groups in total. The molecule has 0 saturated carbocycles. The van der Waals surface area contributed by atoms with E-state index < -0.39 is 0 Å². The minimum absolute atomic E-state index is 0.349. The van der Waals surface area contributed by atoms with Gasteiger partial charge in [0.15, 0.2) is 5.16 Å². The number of ether oxygens (including phenoxy) is 1. The fourth-order valence-corrected chi connectivity index (χ4v) is 4.48. The molecule has 0 saturated heterocycles. The monoisotopic (exact) mass is 464 g/mol. The van der Waals surface area contributed by atoms with Gasteiger partial charge in [-0.1, -0.05) is 59.8 Å². The summed E-state index contributed by atoms with van der Waals surface area (Å²) < 4.78 is 7.12. The number of methoxy groups -OCH3 is 1. The lowest BCUT2D eigenvalue weighted by molar-refractivity contribution is 0.0955. The Balaban J connectivity index is 1.51. The van der Waals surface area contributed by atoms with Crippen molar-refractivity contribution in [1.82, 2.24) is 15.0 Å². The molecule has 0 aliphatic carbocycles. The summed E-state index contributed by atoms with van der Waals surface area (Å²) in [5.41, 5.74) is 5.09. The lowest BCUT2D eigenvalue weighted by Gasteiger charge is -2.09. The Bertz CT molecular complexity index is 1300. The number of hydrogen-bond acceptors (Lipinski definition) is 5. The Hall–Kier alpha value is -3.29. The number of hydrogen-bond donors (Lipinski definition) is 1. The van der Waals surface area contributed by atoms with Gasteiger partial charge in [-0.2, -0.15) is 5.10 Å². The van der Waals surface area contributed by atoms with Crippen LogP contribution < -0.4 is 10.2 Å². The van der Waals surface area contributed by atoms with Gasteiger partial charge in [-0.05, 0) is 34.5 Å². The molecule has 0 radical (unpaired) electrons. The molecule has 1 heterocycles. The number of imidazole rings is 1. The number of aryl methyl sites for hydroxylation is 1. The third kappa shape index (κ3) is 4.79. The van der Waals surface area contributed by atoms with Crippen molar-refractivity contribution in [3.8, 4) is 5.75 Å². The van der Waals surface area contributed by atoms with Gasteiger partial charge >= 0.3 is 0 Å². The van der Waals surface area contributed by atoms with E-state index in [2.05, 4.69) is 33.7 Å². The average molecular weight is 465 g/mol. The van der Waals surface area contributed by atoms with E-state index in [1.54, 1.807) is 42.4 Å². The highest BCUT2D eigenvalue weighted by Crippen LogP contribution is 2.28. The number of nitrogens with zero attached hydrogens (tertiary/aromatic N) is 3. The second kappa shape index (κ2) is 9.89. The molecule has 1 amide bonds. The van der Waals surface area contributed by atoms with Gasteiger partial charge in [0.1, 0.15) is 5.75 Å². The minimum Gasteiger partial charge on any atom is -0.495 e. The summed E-state index contributed by atoms with van der Waals surface area (Å²) in [6.07, 6.45) is 5.39. The van der Waals surface area contributed by atoms with Crippen LogP contribution in [0.15, 0.2) is 77.2 Å². The van der Waals surface area contributed by atoms with E-state index in [-0.39, 0.29) is 5.91 Å². The van der Waals surface area contributed by atoms with E-state index in [9.17, 15) is 4.79 Å². The van der Waals surface area contributed by atoms with Crippen LogP contribution in [0.1, 0.15) is 21.5 Å². The van der Waals surface area contributed by atoms with Gasteiger partial charge in [0.2, 0.25) is 0 Å². The smallest absolute Gasteiger partial charge is 0.271 e. The highest BCUT2D eigenvalue weighted by atomic mass is 35.5. The lowest BCUT2D eigenvalue weighted by Crippen LogP contribution is -2.17.